The molecule has 0 aromatic heterocycles. The molecule has 0 spiro atoms. The van der Waals surface area contributed by atoms with E-state index in [2.05, 4.69) is 11.5 Å². The van der Waals surface area contributed by atoms with Gasteiger partial charge in [0.1, 0.15) is 0 Å². The Morgan fingerprint density at radius 3 is 2.25 bits per heavy atom. The first-order valence-electron chi connectivity index (χ1n) is 3.27. The van der Waals surface area contributed by atoms with E-state index in [0.717, 1.165) is 0 Å². The zero-order chi connectivity index (χ0) is 6.24. The minimum Gasteiger partial charge on any atom is -0.134 e. The zero-order valence-electron chi connectivity index (χ0n) is 5.68. The molecule has 0 saturated heterocycles. The summed E-state index contributed by atoms with van der Waals surface area (Å²) in [4.78, 5) is 0. The van der Waals surface area contributed by atoms with Gasteiger partial charge in [0.2, 0.25) is 0 Å². The Bertz CT molecular complexity index is 49.4. The zero-order valence-corrected chi connectivity index (χ0v) is 6.50. The van der Waals surface area contributed by atoms with Gasteiger partial charge in [-0.2, -0.15) is 0 Å². The first-order chi connectivity index (χ1) is 4.00. The predicted octanol–water partition coefficient (Wildman–Crippen LogP) is 3.05. The molecule has 0 atom stereocenters. The Balaban J connectivity index is 0.000000222. The van der Waals surface area contributed by atoms with Gasteiger partial charge in [-0.1, -0.05) is 19.9 Å². The van der Waals surface area contributed by atoms with Crippen molar-refractivity contribution in [2.75, 3.05) is 5.75 Å². The molecule has 1 heteroatoms. The normalized spacial score (nSPS) is 16.8. The average molecular weight is 130 g/mol. The SMILES string of the molecule is C1=CSCCC1.CC. The van der Waals surface area contributed by atoms with Gasteiger partial charge in [0.15, 0.2) is 0 Å². The molecule has 48 valence electrons. The van der Waals surface area contributed by atoms with E-state index >= 15 is 0 Å². The van der Waals surface area contributed by atoms with E-state index in [-0.39, 0.29) is 0 Å². The van der Waals surface area contributed by atoms with Gasteiger partial charge in [0.05, 0.1) is 0 Å². The molecule has 1 aliphatic heterocycles. The summed E-state index contributed by atoms with van der Waals surface area (Å²) in [7, 11) is 0. The van der Waals surface area contributed by atoms with Crippen molar-refractivity contribution in [2.45, 2.75) is 26.7 Å². The van der Waals surface area contributed by atoms with Crippen LogP contribution in [0.2, 0.25) is 0 Å². The van der Waals surface area contributed by atoms with Crippen LogP contribution in [-0.2, 0) is 0 Å². The second-order valence-corrected chi connectivity index (χ2v) is 2.40. The van der Waals surface area contributed by atoms with Gasteiger partial charge >= 0.3 is 0 Å². The lowest BCUT2D eigenvalue weighted by Crippen LogP contribution is -1.78. The van der Waals surface area contributed by atoms with Gasteiger partial charge in [-0.05, 0) is 24.0 Å². The Labute approximate surface area is 56.4 Å². The molecule has 0 saturated carbocycles. The predicted molar refractivity (Wildman–Crippen MR) is 42.2 cm³/mol. The third kappa shape index (κ3) is 4.25. The summed E-state index contributed by atoms with van der Waals surface area (Å²) in [5, 5.41) is 2.18. The monoisotopic (exact) mass is 130 g/mol. The summed E-state index contributed by atoms with van der Waals surface area (Å²) in [5.41, 5.74) is 0. The van der Waals surface area contributed by atoms with E-state index in [4.69, 9.17) is 0 Å². The van der Waals surface area contributed by atoms with Crippen molar-refractivity contribution in [3.05, 3.63) is 11.5 Å². The second kappa shape index (κ2) is 7.09. The van der Waals surface area contributed by atoms with Crippen LogP contribution in [0.1, 0.15) is 26.7 Å². The highest BCUT2D eigenvalue weighted by Crippen LogP contribution is 2.12. The van der Waals surface area contributed by atoms with E-state index in [9.17, 15) is 0 Å². The molecule has 0 unspecified atom stereocenters. The molecule has 1 aliphatic rings. The highest BCUT2D eigenvalue weighted by Gasteiger charge is 1.87. The van der Waals surface area contributed by atoms with Gasteiger partial charge in [-0.3, -0.25) is 0 Å². The standard InChI is InChI=1S/C5H8S.C2H6/c1-2-4-6-5-3-1;1-2/h2,4H,1,3,5H2;1-2H3. The maximum Gasteiger partial charge on any atom is -0.00231 e. The molecule has 1 heterocycles. The molecule has 8 heavy (non-hydrogen) atoms. The summed E-state index contributed by atoms with van der Waals surface area (Å²) in [6.45, 7) is 4.00. The van der Waals surface area contributed by atoms with E-state index in [1.54, 1.807) is 0 Å². The molecule has 0 aromatic rings. The number of thioether (sulfide) groups is 1. The second-order valence-electron chi connectivity index (χ2n) is 1.38. The minimum absolute atomic E-state index is 1.30. The van der Waals surface area contributed by atoms with Crippen LogP contribution in [0.15, 0.2) is 11.5 Å². The van der Waals surface area contributed by atoms with Crippen molar-refractivity contribution in [3.8, 4) is 0 Å². The van der Waals surface area contributed by atoms with Crippen molar-refractivity contribution in [3.63, 3.8) is 0 Å². The number of allylic oxidation sites excluding steroid dienone is 1. The maximum absolute atomic E-state index is 2.23. The van der Waals surface area contributed by atoms with Crippen LogP contribution in [-0.4, -0.2) is 5.75 Å². The van der Waals surface area contributed by atoms with Crippen LogP contribution in [0, 0.1) is 0 Å². The van der Waals surface area contributed by atoms with E-state index in [0.29, 0.717) is 0 Å². The largest absolute Gasteiger partial charge is 0.134 e. The first-order valence-corrected chi connectivity index (χ1v) is 4.31. The smallest absolute Gasteiger partial charge is 0.00231 e. The van der Waals surface area contributed by atoms with Crippen molar-refractivity contribution in [1.29, 1.82) is 0 Å². The molecule has 0 amide bonds. The lowest BCUT2D eigenvalue weighted by atomic mass is 10.3. The third-order valence-corrected chi connectivity index (χ3v) is 1.73. The van der Waals surface area contributed by atoms with Gasteiger partial charge in [0, 0.05) is 0 Å². The fraction of sp³-hybridized carbons (Fsp3) is 0.714. The lowest BCUT2D eigenvalue weighted by Gasteiger charge is -1.97. The Morgan fingerprint density at radius 1 is 1.38 bits per heavy atom. The number of hydrogen-bond donors (Lipinski definition) is 0. The highest BCUT2D eigenvalue weighted by molar-refractivity contribution is 8.02. The molecule has 0 fully saturated rings. The van der Waals surface area contributed by atoms with Crippen molar-refractivity contribution in [2.24, 2.45) is 0 Å². The molecule has 0 bridgehead atoms. The van der Waals surface area contributed by atoms with Crippen LogP contribution in [0.4, 0.5) is 0 Å². The molecule has 0 aliphatic carbocycles. The van der Waals surface area contributed by atoms with Gasteiger partial charge in [-0.25, -0.2) is 0 Å². The fourth-order valence-corrected chi connectivity index (χ4v) is 1.23. The Kier molecular flexibility index (Phi) is 7.17. The van der Waals surface area contributed by atoms with Crippen LogP contribution < -0.4 is 0 Å². The van der Waals surface area contributed by atoms with Gasteiger partial charge in [-0.15, -0.1) is 11.8 Å². The summed E-state index contributed by atoms with van der Waals surface area (Å²) >= 11 is 1.91. The quantitative estimate of drug-likeness (QED) is 0.485. The van der Waals surface area contributed by atoms with Crippen molar-refractivity contribution < 1.29 is 0 Å². The number of rotatable bonds is 0. The van der Waals surface area contributed by atoms with Gasteiger partial charge < -0.3 is 0 Å². The molecule has 0 aromatic carbocycles. The Morgan fingerprint density at radius 2 is 2.12 bits per heavy atom. The minimum atomic E-state index is 1.30. The molecule has 0 radical (unpaired) electrons. The van der Waals surface area contributed by atoms with Crippen molar-refractivity contribution in [1.82, 2.24) is 0 Å². The Hall–Kier alpha value is 0.0900. The van der Waals surface area contributed by atoms with Crippen LogP contribution >= 0.6 is 11.8 Å². The summed E-state index contributed by atoms with van der Waals surface area (Å²) in [5.74, 6) is 1.33. The molecule has 0 N–H and O–H groups in total. The highest BCUT2D eigenvalue weighted by atomic mass is 32.2. The maximum atomic E-state index is 2.23. The topological polar surface area (TPSA) is 0 Å². The first kappa shape index (κ1) is 8.09. The van der Waals surface area contributed by atoms with E-state index < -0.39 is 0 Å². The molecule has 1 rings (SSSR count). The lowest BCUT2D eigenvalue weighted by molar-refractivity contribution is 0.966. The summed E-state index contributed by atoms with van der Waals surface area (Å²) in [6.07, 6.45) is 4.91. The average Bonchev–Trinajstić information content (AvgIpc) is 1.96. The summed E-state index contributed by atoms with van der Waals surface area (Å²) in [6, 6.07) is 0. The van der Waals surface area contributed by atoms with Crippen LogP contribution in [0.5, 0.6) is 0 Å². The molecular formula is C7H14S. The van der Waals surface area contributed by atoms with E-state index in [1.807, 2.05) is 25.6 Å². The third-order valence-electron chi connectivity index (χ3n) is 0.825. The van der Waals surface area contributed by atoms with Crippen LogP contribution in [0.25, 0.3) is 0 Å². The van der Waals surface area contributed by atoms with Crippen molar-refractivity contribution >= 4 is 11.8 Å². The molecular weight excluding hydrogens is 116 g/mol. The van der Waals surface area contributed by atoms with Gasteiger partial charge in [0.25, 0.3) is 0 Å². The van der Waals surface area contributed by atoms with E-state index in [1.165, 1.54) is 18.6 Å². The molecule has 0 nitrogen and oxygen atoms in total. The van der Waals surface area contributed by atoms with Crippen LogP contribution in [0.3, 0.4) is 0 Å². The summed E-state index contributed by atoms with van der Waals surface area (Å²) < 4.78 is 0. The number of hydrogen-bond acceptors (Lipinski definition) is 1. The fourth-order valence-electron chi connectivity index (χ4n) is 0.489.